The van der Waals surface area contributed by atoms with Gasteiger partial charge in [-0.1, -0.05) is 22.9 Å². The summed E-state index contributed by atoms with van der Waals surface area (Å²) < 4.78 is 6.42. The van der Waals surface area contributed by atoms with Crippen LogP contribution in [0.25, 0.3) is 0 Å². The van der Waals surface area contributed by atoms with Crippen molar-refractivity contribution in [3.63, 3.8) is 0 Å². The van der Waals surface area contributed by atoms with Gasteiger partial charge in [0.2, 0.25) is 0 Å². The minimum Gasteiger partial charge on any atom is -0.496 e. The molecular weight excluding hydrogens is 280 g/mol. The first kappa shape index (κ1) is 14.5. The molecule has 0 aliphatic rings. The number of methoxy groups -OCH3 is 1. The van der Waals surface area contributed by atoms with Gasteiger partial charge in [-0.2, -0.15) is 0 Å². The molecule has 0 aromatic heterocycles. The predicted molar refractivity (Wildman–Crippen MR) is 75.4 cm³/mol. The molecule has 0 aliphatic heterocycles. The van der Waals surface area contributed by atoms with Crippen LogP contribution in [0, 0.1) is 0 Å². The quantitative estimate of drug-likeness (QED) is 0.849. The van der Waals surface area contributed by atoms with Crippen LogP contribution in [-0.4, -0.2) is 19.7 Å². The van der Waals surface area contributed by atoms with Crippen molar-refractivity contribution < 1.29 is 4.74 Å². The molecule has 2 unspecified atom stereocenters. The molecule has 0 heterocycles. The van der Waals surface area contributed by atoms with Crippen molar-refractivity contribution >= 4 is 15.9 Å². The molecule has 0 spiro atoms. The first-order valence-corrected chi connectivity index (χ1v) is 6.71. The molecule has 2 atom stereocenters. The third-order valence-electron chi connectivity index (χ3n) is 2.90. The molecule has 17 heavy (non-hydrogen) atoms. The number of halogens is 1. The molecule has 0 fully saturated rings. The van der Waals surface area contributed by atoms with Gasteiger partial charge in [0, 0.05) is 28.7 Å². The Balaban J connectivity index is 2.97. The van der Waals surface area contributed by atoms with Crippen LogP contribution in [-0.2, 0) is 0 Å². The van der Waals surface area contributed by atoms with Gasteiger partial charge in [-0.15, -0.1) is 0 Å². The summed E-state index contributed by atoms with van der Waals surface area (Å²) in [7, 11) is 1.68. The van der Waals surface area contributed by atoms with E-state index in [9.17, 15) is 0 Å². The maximum atomic E-state index is 5.85. The second kappa shape index (κ2) is 6.99. The summed E-state index contributed by atoms with van der Waals surface area (Å²) in [6.45, 7) is 4.87. The van der Waals surface area contributed by atoms with E-state index in [2.05, 4.69) is 41.2 Å². The highest BCUT2D eigenvalue weighted by molar-refractivity contribution is 9.10. The molecule has 4 heteroatoms. The molecule has 0 radical (unpaired) electrons. The van der Waals surface area contributed by atoms with Crippen molar-refractivity contribution in [3.05, 3.63) is 28.2 Å². The van der Waals surface area contributed by atoms with Crippen LogP contribution in [0.5, 0.6) is 5.75 Å². The molecule has 0 aliphatic carbocycles. The summed E-state index contributed by atoms with van der Waals surface area (Å²) in [5.41, 5.74) is 6.95. The minimum atomic E-state index is 0.123. The summed E-state index contributed by atoms with van der Waals surface area (Å²) in [6.07, 6.45) is 1.08. The van der Waals surface area contributed by atoms with Gasteiger partial charge in [0.15, 0.2) is 0 Å². The smallest absolute Gasteiger partial charge is 0.123 e. The minimum absolute atomic E-state index is 0.123. The third kappa shape index (κ3) is 3.98. The van der Waals surface area contributed by atoms with Crippen molar-refractivity contribution in [2.24, 2.45) is 5.73 Å². The summed E-state index contributed by atoms with van der Waals surface area (Å²) in [4.78, 5) is 0. The second-order valence-electron chi connectivity index (χ2n) is 4.15. The number of nitrogens with two attached hydrogens (primary N) is 1. The molecule has 96 valence electrons. The standard InChI is InChI=1S/C13H21BrN2O/c1-4-9(2)16-12(8-15)11-7-10(14)5-6-13(11)17-3/h5-7,9,12,16H,4,8,15H2,1-3H3. The van der Waals surface area contributed by atoms with E-state index >= 15 is 0 Å². The Morgan fingerprint density at radius 2 is 2.18 bits per heavy atom. The topological polar surface area (TPSA) is 47.3 Å². The number of nitrogens with one attached hydrogen (secondary N) is 1. The van der Waals surface area contributed by atoms with Crippen molar-refractivity contribution in [3.8, 4) is 5.75 Å². The molecule has 1 rings (SSSR count). The number of benzene rings is 1. The molecule has 0 saturated heterocycles. The van der Waals surface area contributed by atoms with E-state index in [1.165, 1.54) is 0 Å². The Morgan fingerprint density at radius 3 is 2.71 bits per heavy atom. The van der Waals surface area contributed by atoms with Gasteiger partial charge >= 0.3 is 0 Å². The second-order valence-corrected chi connectivity index (χ2v) is 5.07. The summed E-state index contributed by atoms with van der Waals surface area (Å²) in [5.74, 6) is 0.874. The van der Waals surface area contributed by atoms with E-state index in [1.54, 1.807) is 7.11 Å². The molecule has 0 amide bonds. The van der Waals surface area contributed by atoms with E-state index in [-0.39, 0.29) is 6.04 Å². The normalized spacial score (nSPS) is 14.4. The Hall–Kier alpha value is -0.580. The summed E-state index contributed by atoms with van der Waals surface area (Å²) in [5, 5.41) is 3.51. The van der Waals surface area contributed by atoms with E-state index < -0.39 is 0 Å². The maximum Gasteiger partial charge on any atom is 0.123 e. The summed E-state index contributed by atoms with van der Waals surface area (Å²) >= 11 is 3.48. The van der Waals surface area contributed by atoms with Crippen molar-refractivity contribution in [1.82, 2.24) is 5.32 Å². The van der Waals surface area contributed by atoms with Crippen molar-refractivity contribution in [1.29, 1.82) is 0 Å². The fourth-order valence-corrected chi connectivity index (χ4v) is 2.10. The average Bonchev–Trinajstić information content (AvgIpc) is 2.35. The number of hydrogen-bond donors (Lipinski definition) is 2. The SMILES string of the molecule is CCC(C)NC(CN)c1cc(Br)ccc1OC. The van der Waals surface area contributed by atoms with E-state index in [4.69, 9.17) is 10.5 Å². The zero-order chi connectivity index (χ0) is 12.8. The molecule has 0 saturated carbocycles. The van der Waals surface area contributed by atoms with E-state index in [0.717, 1.165) is 22.2 Å². The number of rotatable bonds is 6. The summed E-state index contributed by atoms with van der Waals surface area (Å²) in [6, 6.07) is 6.55. The van der Waals surface area contributed by atoms with Gasteiger partial charge < -0.3 is 15.8 Å². The first-order chi connectivity index (χ1) is 8.12. The van der Waals surface area contributed by atoms with Crippen LogP contribution in [0.15, 0.2) is 22.7 Å². The maximum absolute atomic E-state index is 5.85. The monoisotopic (exact) mass is 300 g/mol. The largest absolute Gasteiger partial charge is 0.496 e. The molecular formula is C13H21BrN2O. The average molecular weight is 301 g/mol. The first-order valence-electron chi connectivity index (χ1n) is 5.91. The van der Waals surface area contributed by atoms with Crippen molar-refractivity contribution in [2.45, 2.75) is 32.4 Å². The lowest BCUT2D eigenvalue weighted by Gasteiger charge is -2.23. The highest BCUT2D eigenvalue weighted by Gasteiger charge is 2.16. The zero-order valence-corrected chi connectivity index (χ0v) is 12.3. The van der Waals surface area contributed by atoms with Gasteiger partial charge in [-0.25, -0.2) is 0 Å². The highest BCUT2D eigenvalue weighted by Crippen LogP contribution is 2.28. The van der Waals surface area contributed by atoms with Crippen LogP contribution >= 0.6 is 15.9 Å². The predicted octanol–water partition coefficient (Wildman–Crippen LogP) is 2.85. The third-order valence-corrected chi connectivity index (χ3v) is 3.39. The van der Waals surface area contributed by atoms with Gasteiger partial charge in [0.1, 0.15) is 5.75 Å². The molecule has 3 N–H and O–H groups in total. The lowest BCUT2D eigenvalue weighted by atomic mass is 10.0. The van der Waals surface area contributed by atoms with Gasteiger partial charge in [0.05, 0.1) is 7.11 Å². The van der Waals surface area contributed by atoms with Crippen LogP contribution in [0.4, 0.5) is 0 Å². The lowest BCUT2D eigenvalue weighted by Crippen LogP contribution is -2.34. The Kier molecular flexibility index (Phi) is 5.95. The lowest BCUT2D eigenvalue weighted by molar-refractivity contribution is 0.389. The van der Waals surface area contributed by atoms with Crippen LogP contribution < -0.4 is 15.8 Å². The fourth-order valence-electron chi connectivity index (χ4n) is 1.72. The van der Waals surface area contributed by atoms with E-state index in [1.807, 2.05) is 12.1 Å². The Bertz CT molecular complexity index is 357. The molecule has 3 nitrogen and oxygen atoms in total. The van der Waals surface area contributed by atoms with Crippen LogP contribution in [0.1, 0.15) is 31.9 Å². The van der Waals surface area contributed by atoms with Crippen molar-refractivity contribution in [2.75, 3.05) is 13.7 Å². The Morgan fingerprint density at radius 1 is 1.47 bits per heavy atom. The number of ether oxygens (including phenoxy) is 1. The highest BCUT2D eigenvalue weighted by atomic mass is 79.9. The van der Waals surface area contributed by atoms with E-state index in [0.29, 0.717) is 12.6 Å². The van der Waals surface area contributed by atoms with Gasteiger partial charge in [-0.3, -0.25) is 0 Å². The molecule has 1 aromatic carbocycles. The number of hydrogen-bond acceptors (Lipinski definition) is 3. The Labute approximate surface area is 112 Å². The zero-order valence-electron chi connectivity index (χ0n) is 10.7. The van der Waals surface area contributed by atoms with Gasteiger partial charge in [-0.05, 0) is 31.5 Å². The van der Waals surface area contributed by atoms with Crippen LogP contribution in [0.3, 0.4) is 0 Å². The molecule has 0 bridgehead atoms. The van der Waals surface area contributed by atoms with Gasteiger partial charge in [0.25, 0.3) is 0 Å². The van der Waals surface area contributed by atoms with Crippen LogP contribution in [0.2, 0.25) is 0 Å². The molecule has 1 aromatic rings. The fraction of sp³-hybridized carbons (Fsp3) is 0.538.